The van der Waals surface area contributed by atoms with E-state index in [1.54, 1.807) is 25.3 Å². The molecule has 0 saturated carbocycles. The van der Waals surface area contributed by atoms with Gasteiger partial charge in [0.2, 0.25) is 0 Å². The standard InChI is InChI=1S/C33H37NO5/c1-9-39-27-17-22(12-15-26(27)38-8)29-28(30(35)25-18-23(33(5,6)7)13-10-20(25)3)31(36)32(37)34(29)24-14-11-19(2)21(4)16-24/h10-18,29,35H,9H2,1-8H3/b30-28+. The number of hydrogen-bond acceptors (Lipinski definition) is 5. The number of carbonyl (C=O) groups excluding carboxylic acids is 2. The number of amides is 1. The van der Waals surface area contributed by atoms with Crippen LogP contribution in [0.3, 0.4) is 0 Å². The largest absolute Gasteiger partial charge is 0.507 e. The van der Waals surface area contributed by atoms with Gasteiger partial charge < -0.3 is 14.6 Å². The monoisotopic (exact) mass is 527 g/mol. The van der Waals surface area contributed by atoms with Gasteiger partial charge in [0, 0.05) is 11.3 Å². The van der Waals surface area contributed by atoms with Crippen LogP contribution in [0.1, 0.15) is 67.1 Å². The van der Waals surface area contributed by atoms with Crippen LogP contribution in [0.4, 0.5) is 5.69 Å². The van der Waals surface area contributed by atoms with Gasteiger partial charge >= 0.3 is 0 Å². The highest BCUT2D eigenvalue weighted by Crippen LogP contribution is 2.45. The molecule has 0 radical (unpaired) electrons. The lowest BCUT2D eigenvalue weighted by molar-refractivity contribution is -0.132. The summed E-state index contributed by atoms with van der Waals surface area (Å²) in [7, 11) is 1.56. The molecule has 1 fully saturated rings. The Morgan fingerprint density at radius 1 is 0.897 bits per heavy atom. The van der Waals surface area contributed by atoms with Crippen LogP contribution < -0.4 is 14.4 Å². The maximum Gasteiger partial charge on any atom is 0.300 e. The molecule has 0 bridgehead atoms. The molecule has 3 aromatic rings. The highest BCUT2D eigenvalue weighted by Gasteiger charge is 2.47. The Morgan fingerprint density at radius 2 is 1.59 bits per heavy atom. The lowest BCUT2D eigenvalue weighted by Crippen LogP contribution is -2.29. The maximum absolute atomic E-state index is 13.7. The first-order valence-corrected chi connectivity index (χ1v) is 13.2. The zero-order valence-electron chi connectivity index (χ0n) is 24.0. The Hall–Kier alpha value is -4.06. The quantitative estimate of drug-likeness (QED) is 0.213. The number of aliphatic hydroxyl groups is 1. The average molecular weight is 528 g/mol. The van der Waals surface area contributed by atoms with Crippen molar-refractivity contribution in [1.82, 2.24) is 0 Å². The second kappa shape index (κ2) is 10.6. The summed E-state index contributed by atoms with van der Waals surface area (Å²) in [5.74, 6) is -0.582. The third-order valence-electron chi connectivity index (χ3n) is 7.38. The van der Waals surface area contributed by atoms with Crippen molar-refractivity contribution in [2.45, 2.75) is 59.9 Å². The number of nitrogens with zero attached hydrogens (tertiary/aromatic N) is 1. The van der Waals surface area contributed by atoms with Crippen LogP contribution in [0.5, 0.6) is 11.5 Å². The topological polar surface area (TPSA) is 76.1 Å². The van der Waals surface area contributed by atoms with E-state index in [1.807, 2.05) is 64.1 Å². The first-order valence-electron chi connectivity index (χ1n) is 13.2. The molecule has 0 spiro atoms. The Kier molecular flexibility index (Phi) is 7.60. The average Bonchev–Trinajstić information content (AvgIpc) is 3.15. The number of ether oxygens (including phenoxy) is 2. The minimum Gasteiger partial charge on any atom is -0.507 e. The molecule has 204 valence electrons. The van der Waals surface area contributed by atoms with Crippen molar-refractivity contribution in [2.75, 3.05) is 18.6 Å². The smallest absolute Gasteiger partial charge is 0.300 e. The normalized spacial score (nSPS) is 17.0. The molecule has 1 unspecified atom stereocenters. The maximum atomic E-state index is 13.7. The van der Waals surface area contributed by atoms with Crippen molar-refractivity contribution < 1.29 is 24.2 Å². The van der Waals surface area contributed by atoms with Gasteiger partial charge in [-0.3, -0.25) is 14.5 Å². The zero-order chi connectivity index (χ0) is 28.6. The Morgan fingerprint density at radius 3 is 2.21 bits per heavy atom. The number of hydrogen-bond donors (Lipinski definition) is 1. The number of aryl methyl sites for hydroxylation is 3. The number of aliphatic hydroxyl groups excluding tert-OH is 1. The Labute approximate surface area is 230 Å². The molecule has 1 aliphatic heterocycles. The van der Waals surface area contributed by atoms with Gasteiger partial charge in [0.1, 0.15) is 5.76 Å². The van der Waals surface area contributed by atoms with Crippen molar-refractivity contribution in [3.05, 3.63) is 93.6 Å². The summed E-state index contributed by atoms with van der Waals surface area (Å²) >= 11 is 0. The number of ketones is 1. The van der Waals surface area contributed by atoms with Gasteiger partial charge in [-0.2, -0.15) is 0 Å². The van der Waals surface area contributed by atoms with Crippen molar-refractivity contribution in [3.63, 3.8) is 0 Å². The Balaban J connectivity index is 2.02. The summed E-state index contributed by atoms with van der Waals surface area (Å²) in [4.78, 5) is 28.8. The molecule has 4 rings (SSSR count). The van der Waals surface area contributed by atoms with E-state index in [2.05, 4.69) is 20.8 Å². The molecule has 1 amide bonds. The second-order valence-electron chi connectivity index (χ2n) is 11.1. The van der Waals surface area contributed by atoms with Crippen LogP contribution in [0.2, 0.25) is 0 Å². The second-order valence-corrected chi connectivity index (χ2v) is 11.1. The SMILES string of the molecule is CCOc1cc(C2/C(=C(\O)c3cc(C(C)(C)C)ccc3C)C(=O)C(=O)N2c2ccc(C)c(C)c2)ccc1OC. The van der Waals surface area contributed by atoms with Crippen molar-refractivity contribution in [1.29, 1.82) is 0 Å². The fourth-order valence-corrected chi connectivity index (χ4v) is 4.91. The van der Waals surface area contributed by atoms with Crippen LogP contribution in [0.15, 0.2) is 60.2 Å². The van der Waals surface area contributed by atoms with Gasteiger partial charge in [0.05, 0.1) is 25.3 Å². The number of benzene rings is 3. The van der Waals surface area contributed by atoms with Crippen molar-refractivity contribution >= 4 is 23.1 Å². The van der Waals surface area contributed by atoms with E-state index in [1.165, 1.54) is 4.90 Å². The number of methoxy groups -OCH3 is 1. The molecular formula is C33H37NO5. The number of anilines is 1. The van der Waals surface area contributed by atoms with Crippen LogP contribution in [-0.4, -0.2) is 30.5 Å². The fourth-order valence-electron chi connectivity index (χ4n) is 4.91. The molecule has 1 heterocycles. The Bertz CT molecular complexity index is 1480. The summed E-state index contributed by atoms with van der Waals surface area (Å²) in [6.45, 7) is 14.4. The van der Waals surface area contributed by atoms with E-state index in [0.29, 0.717) is 34.9 Å². The molecule has 0 aromatic heterocycles. The van der Waals surface area contributed by atoms with E-state index in [4.69, 9.17) is 9.47 Å². The van der Waals surface area contributed by atoms with Crippen molar-refractivity contribution in [3.8, 4) is 11.5 Å². The summed E-state index contributed by atoms with van der Waals surface area (Å²) in [5.41, 5.74) is 5.50. The molecule has 1 atom stereocenters. The molecule has 39 heavy (non-hydrogen) atoms. The van der Waals surface area contributed by atoms with Crippen LogP contribution in [-0.2, 0) is 15.0 Å². The van der Waals surface area contributed by atoms with Gasteiger partial charge in [-0.05, 0) is 91.3 Å². The molecule has 3 aromatic carbocycles. The van der Waals surface area contributed by atoms with Crippen LogP contribution >= 0.6 is 0 Å². The van der Waals surface area contributed by atoms with Gasteiger partial charge in [0.25, 0.3) is 11.7 Å². The molecule has 1 aliphatic rings. The molecule has 6 heteroatoms. The lowest BCUT2D eigenvalue weighted by Gasteiger charge is -2.27. The van der Waals surface area contributed by atoms with E-state index in [0.717, 1.165) is 22.3 Å². The van der Waals surface area contributed by atoms with E-state index < -0.39 is 17.7 Å². The summed E-state index contributed by atoms with van der Waals surface area (Å²) < 4.78 is 11.3. The van der Waals surface area contributed by atoms with Crippen LogP contribution in [0, 0.1) is 20.8 Å². The predicted molar refractivity (Wildman–Crippen MR) is 155 cm³/mol. The van der Waals surface area contributed by atoms with E-state index >= 15 is 0 Å². The van der Waals surface area contributed by atoms with Crippen LogP contribution in [0.25, 0.3) is 5.76 Å². The highest BCUT2D eigenvalue weighted by atomic mass is 16.5. The predicted octanol–water partition coefficient (Wildman–Crippen LogP) is 6.94. The number of rotatable bonds is 6. The van der Waals surface area contributed by atoms with E-state index in [9.17, 15) is 14.7 Å². The third kappa shape index (κ3) is 5.16. The number of carbonyl (C=O) groups is 2. The highest BCUT2D eigenvalue weighted by molar-refractivity contribution is 6.51. The molecule has 1 N–H and O–H groups in total. The molecule has 1 saturated heterocycles. The van der Waals surface area contributed by atoms with Gasteiger partial charge in [-0.1, -0.05) is 45.0 Å². The minimum atomic E-state index is -0.866. The first kappa shape index (κ1) is 28.0. The van der Waals surface area contributed by atoms with Gasteiger partial charge in [0.15, 0.2) is 11.5 Å². The van der Waals surface area contributed by atoms with Crippen molar-refractivity contribution in [2.24, 2.45) is 0 Å². The minimum absolute atomic E-state index is 0.0417. The van der Waals surface area contributed by atoms with Gasteiger partial charge in [-0.25, -0.2) is 0 Å². The summed E-state index contributed by atoms with van der Waals surface area (Å²) in [5, 5.41) is 11.8. The molecule has 6 nitrogen and oxygen atoms in total. The fraction of sp³-hybridized carbons (Fsp3) is 0.333. The molecular weight excluding hydrogens is 490 g/mol. The van der Waals surface area contributed by atoms with Gasteiger partial charge in [-0.15, -0.1) is 0 Å². The summed E-state index contributed by atoms with van der Waals surface area (Å²) in [6, 6.07) is 16.0. The number of Topliss-reactive ketones (excluding diaryl/α,β-unsaturated/α-hetero) is 1. The summed E-state index contributed by atoms with van der Waals surface area (Å²) in [6.07, 6.45) is 0. The van der Waals surface area contributed by atoms with E-state index in [-0.39, 0.29) is 16.7 Å². The zero-order valence-corrected chi connectivity index (χ0v) is 24.0. The first-order chi connectivity index (χ1) is 18.4. The lowest BCUT2D eigenvalue weighted by atomic mass is 9.84. The molecule has 0 aliphatic carbocycles. The third-order valence-corrected chi connectivity index (χ3v) is 7.38.